The lowest BCUT2D eigenvalue weighted by Gasteiger charge is -1.94. The molecule has 0 amide bonds. The molecule has 0 aliphatic heterocycles. The first-order chi connectivity index (χ1) is 7.70. The van der Waals surface area contributed by atoms with Crippen molar-refractivity contribution in [1.82, 2.24) is 0 Å². The quantitative estimate of drug-likeness (QED) is 0.851. The minimum Gasteiger partial charge on any atom is -0.456 e. The zero-order chi connectivity index (χ0) is 11.5. The molecule has 0 bridgehead atoms. The van der Waals surface area contributed by atoms with Crippen LogP contribution in [0.5, 0.6) is 0 Å². The number of hydrogen-bond acceptors (Lipinski definition) is 2. The largest absolute Gasteiger partial charge is 0.456 e. The maximum Gasteiger partial charge on any atom is 0.134 e. The van der Waals surface area contributed by atoms with Gasteiger partial charge in [-0.3, -0.25) is 0 Å². The summed E-state index contributed by atoms with van der Waals surface area (Å²) >= 11 is 0. The number of rotatable bonds is 3. The average Bonchev–Trinajstić information content (AvgIpc) is 2.68. The third-order valence-electron chi connectivity index (χ3n) is 2.68. The van der Waals surface area contributed by atoms with Crippen molar-refractivity contribution in [2.45, 2.75) is 20.3 Å². The molecule has 0 unspecified atom stereocenters. The molecule has 0 radical (unpaired) electrons. The lowest BCUT2D eigenvalue weighted by atomic mass is 10.1. The molecule has 2 N–H and O–H groups in total. The minimum absolute atomic E-state index is 0.677. The first kappa shape index (κ1) is 11.0. The Morgan fingerprint density at radius 3 is 2.94 bits per heavy atom. The van der Waals surface area contributed by atoms with E-state index >= 15 is 0 Å². The van der Waals surface area contributed by atoms with Crippen LogP contribution in [0.3, 0.4) is 0 Å². The molecular weight excluding hydrogens is 198 g/mol. The van der Waals surface area contributed by atoms with Crippen LogP contribution in [-0.4, -0.2) is 6.54 Å². The zero-order valence-corrected chi connectivity index (χ0v) is 9.79. The first-order valence-electron chi connectivity index (χ1n) is 5.58. The molecule has 0 atom stereocenters. The molecule has 0 saturated carbocycles. The second-order valence-electron chi connectivity index (χ2n) is 4.12. The van der Waals surface area contributed by atoms with Crippen LogP contribution in [0.1, 0.15) is 24.7 Å². The van der Waals surface area contributed by atoms with E-state index in [1.54, 1.807) is 0 Å². The van der Waals surface area contributed by atoms with Crippen LogP contribution < -0.4 is 5.73 Å². The smallest absolute Gasteiger partial charge is 0.134 e. The third kappa shape index (κ3) is 2.17. The van der Waals surface area contributed by atoms with E-state index in [4.69, 9.17) is 10.2 Å². The normalized spacial score (nSPS) is 12.3. The van der Waals surface area contributed by atoms with Gasteiger partial charge in [0.25, 0.3) is 0 Å². The SMILES string of the molecule is C/C(=C/CCN)c1cc2cc(C)ccc2o1. The molecule has 1 heterocycles. The zero-order valence-electron chi connectivity index (χ0n) is 9.79. The predicted octanol–water partition coefficient (Wildman–Crippen LogP) is 3.49. The van der Waals surface area contributed by atoms with E-state index in [0.29, 0.717) is 6.54 Å². The van der Waals surface area contributed by atoms with Gasteiger partial charge in [0.15, 0.2) is 0 Å². The van der Waals surface area contributed by atoms with Crippen LogP contribution in [-0.2, 0) is 0 Å². The maximum atomic E-state index is 5.77. The summed E-state index contributed by atoms with van der Waals surface area (Å²) in [5.74, 6) is 0.939. The molecule has 1 aromatic heterocycles. The van der Waals surface area contributed by atoms with E-state index < -0.39 is 0 Å². The molecule has 16 heavy (non-hydrogen) atoms. The van der Waals surface area contributed by atoms with Crippen molar-refractivity contribution in [3.63, 3.8) is 0 Å². The van der Waals surface area contributed by atoms with Gasteiger partial charge in [0.05, 0.1) is 0 Å². The Kier molecular flexibility index (Phi) is 3.11. The summed E-state index contributed by atoms with van der Waals surface area (Å²) in [6.45, 7) is 4.82. The van der Waals surface area contributed by atoms with Crippen molar-refractivity contribution in [2.24, 2.45) is 5.73 Å². The Labute approximate surface area is 95.7 Å². The third-order valence-corrected chi connectivity index (χ3v) is 2.68. The van der Waals surface area contributed by atoms with E-state index in [1.807, 2.05) is 6.07 Å². The predicted molar refractivity (Wildman–Crippen MR) is 68.3 cm³/mol. The summed E-state index contributed by atoms with van der Waals surface area (Å²) in [6.07, 6.45) is 3.01. The molecule has 0 aliphatic rings. The van der Waals surface area contributed by atoms with Gasteiger partial charge in [-0.05, 0) is 50.6 Å². The molecule has 2 aromatic rings. The molecule has 0 fully saturated rings. The van der Waals surface area contributed by atoms with Crippen molar-refractivity contribution < 1.29 is 4.42 Å². The Hall–Kier alpha value is -1.54. The second-order valence-corrected chi connectivity index (χ2v) is 4.12. The molecule has 1 aromatic carbocycles. The van der Waals surface area contributed by atoms with Crippen molar-refractivity contribution >= 4 is 16.5 Å². The van der Waals surface area contributed by atoms with Crippen LogP contribution in [0.4, 0.5) is 0 Å². The highest BCUT2D eigenvalue weighted by atomic mass is 16.3. The first-order valence-corrected chi connectivity index (χ1v) is 5.58. The van der Waals surface area contributed by atoms with Gasteiger partial charge in [0.1, 0.15) is 11.3 Å². The Morgan fingerprint density at radius 1 is 1.38 bits per heavy atom. The van der Waals surface area contributed by atoms with E-state index in [2.05, 4.69) is 38.1 Å². The fraction of sp³-hybridized carbons (Fsp3) is 0.286. The standard InChI is InChI=1S/C14H17NO/c1-10-5-6-13-12(8-10)9-14(16-13)11(2)4-3-7-15/h4-6,8-9H,3,7,15H2,1-2H3/b11-4-. The van der Waals surface area contributed by atoms with Gasteiger partial charge in [-0.2, -0.15) is 0 Å². The van der Waals surface area contributed by atoms with E-state index in [1.165, 1.54) is 5.56 Å². The molecule has 0 saturated heterocycles. The molecule has 2 nitrogen and oxygen atoms in total. The Morgan fingerprint density at radius 2 is 2.19 bits per heavy atom. The summed E-state index contributed by atoms with van der Waals surface area (Å²) in [5, 5.41) is 1.16. The average molecular weight is 215 g/mol. The number of benzene rings is 1. The maximum absolute atomic E-state index is 5.77. The number of fused-ring (bicyclic) bond motifs is 1. The summed E-state index contributed by atoms with van der Waals surface area (Å²) in [5.41, 5.74) is 8.83. The van der Waals surface area contributed by atoms with Crippen LogP contribution in [0.2, 0.25) is 0 Å². The highest BCUT2D eigenvalue weighted by Crippen LogP contribution is 2.25. The van der Waals surface area contributed by atoms with E-state index in [-0.39, 0.29) is 0 Å². The molecular formula is C14H17NO. The minimum atomic E-state index is 0.677. The summed E-state index contributed by atoms with van der Waals surface area (Å²) in [4.78, 5) is 0. The van der Waals surface area contributed by atoms with Gasteiger partial charge in [0, 0.05) is 5.39 Å². The van der Waals surface area contributed by atoms with Crippen molar-refractivity contribution in [1.29, 1.82) is 0 Å². The fourth-order valence-electron chi connectivity index (χ4n) is 1.76. The van der Waals surface area contributed by atoms with Crippen LogP contribution >= 0.6 is 0 Å². The van der Waals surface area contributed by atoms with Gasteiger partial charge in [-0.1, -0.05) is 17.7 Å². The van der Waals surface area contributed by atoms with Crippen molar-refractivity contribution in [3.8, 4) is 0 Å². The summed E-state index contributed by atoms with van der Waals surface area (Å²) in [6, 6.07) is 8.31. The van der Waals surface area contributed by atoms with Crippen molar-refractivity contribution in [2.75, 3.05) is 6.54 Å². The lowest BCUT2D eigenvalue weighted by Crippen LogP contribution is -1.95. The fourth-order valence-corrected chi connectivity index (χ4v) is 1.76. The van der Waals surface area contributed by atoms with Crippen LogP contribution in [0.15, 0.2) is 34.8 Å². The van der Waals surface area contributed by atoms with Crippen molar-refractivity contribution in [3.05, 3.63) is 41.7 Å². The topological polar surface area (TPSA) is 39.2 Å². The molecule has 2 rings (SSSR count). The summed E-state index contributed by atoms with van der Waals surface area (Å²) in [7, 11) is 0. The van der Waals surface area contributed by atoms with Gasteiger partial charge in [0.2, 0.25) is 0 Å². The number of nitrogens with two attached hydrogens (primary N) is 1. The molecule has 2 heteroatoms. The molecule has 84 valence electrons. The van der Waals surface area contributed by atoms with Gasteiger partial charge >= 0.3 is 0 Å². The lowest BCUT2D eigenvalue weighted by molar-refractivity contribution is 0.599. The van der Waals surface area contributed by atoms with Crippen LogP contribution in [0.25, 0.3) is 16.5 Å². The van der Waals surface area contributed by atoms with Gasteiger partial charge < -0.3 is 10.2 Å². The molecule has 0 spiro atoms. The highest BCUT2D eigenvalue weighted by Gasteiger charge is 2.04. The number of aryl methyl sites for hydroxylation is 1. The van der Waals surface area contributed by atoms with Gasteiger partial charge in [-0.15, -0.1) is 0 Å². The Balaban J connectivity index is 2.39. The van der Waals surface area contributed by atoms with E-state index in [9.17, 15) is 0 Å². The second kappa shape index (κ2) is 4.54. The molecule has 0 aliphatic carbocycles. The number of allylic oxidation sites excluding steroid dienone is 1. The number of furan rings is 1. The Bertz CT molecular complexity index is 523. The monoisotopic (exact) mass is 215 g/mol. The van der Waals surface area contributed by atoms with Crippen LogP contribution in [0, 0.1) is 6.92 Å². The van der Waals surface area contributed by atoms with Gasteiger partial charge in [-0.25, -0.2) is 0 Å². The number of hydrogen-bond donors (Lipinski definition) is 1. The van der Waals surface area contributed by atoms with E-state index in [0.717, 1.165) is 28.7 Å². The highest BCUT2D eigenvalue weighted by molar-refractivity contribution is 5.82. The summed E-state index contributed by atoms with van der Waals surface area (Å²) < 4.78 is 5.77.